The van der Waals surface area contributed by atoms with Crippen molar-refractivity contribution in [2.75, 3.05) is 11.9 Å². The van der Waals surface area contributed by atoms with Crippen LogP contribution in [0.4, 0.5) is 5.82 Å². The molecule has 0 unspecified atom stereocenters. The van der Waals surface area contributed by atoms with Crippen LogP contribution in [0.2, 0.25) is 0 Å². The van der Waals surface area contributed by atoms with E-state index < -0.39 is 0 Å². The summed E-state index contributed by atoms with van der Waals surface area (Å²) in [5.41, 5.74) is 2.08. The molecular weight excluding hydrogens is 336 g/mol. The van der Waals surface area contributed by atoms with Crippen LogP contribution in [0.1, 0.15) is 42.5 Å². The molecule has 2 rings (SSSR count). The van der Waals surface area contributed by atoms with Gasteiger partial charge in [0.15, 0.2) is 0 Å². The van der Waals surface area contributed by atoms with Crippen molar-refractivity contribution in [2.45, 2.75) is 40.0 Å². The Balaban J connectivity index is 2.27. The Morgan fingerprint density at radius 3 is 2.65 bits per heavy atom. The first-order valence-corrected chi connectivity index (χ1v) is 8.51. The van der Waals surface area contributed by atoms with E-state index in [1.165, 1.54) is 0 Å². The molecule has 1 N–H and O–H groups in total. The van der Waals surface area contributed by atoms with Gasteiger partial charge in [-0.1, -0.05) is 13.8 Å². The smallest absolute Gasteiger partial charge is 0.144 e. The third kappa shape index (κ3) is 3.76. The van der Waals surface area contributed by atoms with Crippen LogP contribution in [0.25, 0.3) is 0 Å². The second-order valence-electron chi connectivity index (χ2n) is 4.56. The van der Waals surface area contributed by atoms with Crippen LogP contribution in [0, 0.1) is 6.92 Å². The van der Waals surface area contributed by atoms with Gasteiger partial charge in [-0.3, -0.25) is 0 Å². The van der Waals surface area contributed by atoms with E-state index in [2.05, 4.69) is 55.4 Å². The lowest BCUT2D eigenvalue weighted by molar-refractivity contribution is 0.873. The Labute approximate surface area is 132 Å². The molecule has 0 bridgehead atoms. The third-order valence-corrected chi connectivity index (χ3v) is 4.50. The quantitative estimate of drug-likeness (QED) is 0.852. The van der Waals surface area contributed by atoms with Crippen LogP contribution in [0.5, 0.6) is 0 Å². The first-order valence-electron chi connectivity index (χ1n) is 6.84. The fraction of sp³-hybridized carbons (Fsp3) is 0.500. The molecule has 20 heavy (non-hydrogen) atoms. The number of hydrogen-bond donors (Lipinski definition) is 1. The Morgan fingerprint density at radius 1 is 1.25 bits per heavy atom. The predicted octanol–water partition coefficient (Wildman–Crippen LogP) is 3.98. The molecule has 0 aliphatic carbocycles. The first kappa shape index (κ1) is 15.4. The molecule has 0 aromatic carbocycles. The fourth-order valence-electron chi connectivity index (χ4n) is 1.87. The molecule has 2 heterocycles. The lowest BCUT2D eigenvalue weighted by atomic mass is 10.2. The van der Waals surface area contributed by atoms with Crippen LogP contribution in [-0.2, 0) is 12.8 Å². The standard InChI is InChI=1S/C14H19BrN4S/c1-4-6-16-14-13(15)11(5-2)18-12(19-14)7-10-8-20-9(3)17-10/h8H,4-7H2,1-3H3,(H,16,18,19). The summed E-state index contributed by atoms with van der Waals surface area (Å²) in [6, 6.07) is 0. The van der Waals surface area contributed by atoms with E-state index in [1.54, 1.807) is 11.3 Å². The van der Waals surface area contributed by atoms with Gasteiger partial charge < -0.3 is 5.32 Å². The number of aromatic nitrogens is 3. The number of rotatable bonds is 6. The average Bonchev–Trinajstić information content (AvgIpc) is 2.84. The molecule has 0 aliphatic rings. The van der Waals surface area contributed by atoms with Crippen LogP contribution in [0.3, 0.4) is 0 Å². The van der Waals surface area contributed by atoms with Gasteiger partial charge in [-0.15, -0.1) is 11.3 Å². The second-order valence-corrected chi connectivity index (χ2v) is 6.42. The molecule has 6 heteroatoms. The predicted molar refractivity (Wildman–Crippen MR) is 87.5 cm³/mol. The Morgan fingerprint density at radius 2 is 2.05 bits per heavy atom. The third-order valence-electron chi connectivity index (χ3n) is 2.85. The molecule has 0 spiro atoms. The molecule has 2 aromatic heterocycles. The highest BCUT2D eigenvalue weighted by molar-refractivity contribution is 9.10. The summed E-state index contributed by atoms with van der Waals surface area (Å²) >= 11 is 5.26. The number of hydrogen-bond acceptors (Lipinski definition) is 5. The van der Waals surface area contributed by atoms with Crippen LogP contribution in [-0.4, -0.2) is 21.5 Å². The van der Waals surface area contributed by atoms with E-state index in [0.29, 0.717) is 6.42 Å². The Kier molecular flexibility index (Phi) is 5.48. The topological polar surface area (TPSA) is 50.7 Å². The van der Waals surface area contributed by atoms with Crippen LogP contribution < -0.4 is 5.32 Å². The molecule has 0 fully saturated rings. The van der Waals surface area contributed by atoms with Crippen molar-refractivity contribution in [1.29, 1.82) is 0 Å². The molecule has 0 aliphatic heterocycles. The molecule has 0 saturated carbocycles. The van der Waals surface area contributed by atoms with Gasteiger partial charge in [-0.2, -0.15) is 0 Å². The van der Waals surface area contributed by atoms with E-state index in [-0.39, 0.29) is 0 Å². The number of nitrogens with one attached hydrogen (secondary N) is 1. The molecule has 0 radical (unpaired) electrons. The minimum atomic E-state index is 0.686. The van der Waals surface area contributed by atoms with Crippen LogP contribution >= 0.6 is 27.3 Å². The van der Waals surface area contributed by atoms with Crippen molar-refractivity contribution in [1.82, 2.24) is 15.0 Å². The number of thiazole rings is 1. The van der Waals surface area contributed by atoms with E-state index >= 15 is 0 Å². The monoisotopic (exact) mass is 354 g/mol. The normalized spacial score (nSPS) is 10.8. The summed E-state index contributed by atoms with van der Waals surface area (Å²) in [7, 11) is 0. The van der Waals surface area contributed by atoms with Gasteiger partial charge in [-0.05, 0) is 35.7 Å². The zero-order chi connectivity index (χ0) is 14.5. The van der Waals surface area contributed by atoms with E-state index in [9.17, 15) is 0 Å². The lowest BCUT2D eigenvalue weighted by Gasteiger charge is -2.11. The maximum atomic E-state index is 4.63. The molecule has 0 atom stereocenters. The molecular formula is C14H19BrN4S. The van der Waals surface area contributed by atoms with Gasteiger partial charge in [0, 0.05) is 11.9 Å². The van der Waals surface area contributed by atoms with Crippen molar-refractivity contribution in [3.63, 3.8) is 0 Å². The van der Waals surface area contributed by atoms with Crippen molar-refractivity contribution in [3.8, 4) is 0 Å². The molecule has 0 amide bonds. The summed E-state index contributed by atoms with van der Waals surface area (Å²) in [6.45, 7) is 7.17. The zero-order valence-corrected chi connectivity index (χ0v) is 14.4. The lowest BCUT2D eigenvalue weighted by Crippen LogP contribution is -2.09. The highest BCUT2D eigenvalue weighted by atomic mass is 79.9. The highest BCUT2D eigenvalue weighted by Crippen LogP contribution is 2.25. The second kappa shape index (κ2) is 7.13. The highest BCUT2D eigenvalue weighted by Gasteiger charge is 2.12. The summed E-state index contributed by atoms with van der Waals surface area (Å²) in [4.78, 5) is 13.7. The van der Waals surface area contributed by atoms with Crippen molar-refractivity contribution in [2.24, 2.45) is 0 Å². The first-order chi connectivity index (χ1) is 9.63. The summed E-state index contributed by atoms with van der Waals surface area (Å²) in [6.07, 6.45) is 2.64. The van der Waals surface area contributed by atoms with Gasteiger partial charge >= 0.3 is 0 Å². The van der Waals surface area contributed by atoms with Gasteiger partial charge in [-0.25, -0.2) is 15.0 Å². The fourth-order valence-corrected chi connectivity index (χ4v) is 3.08. The maximum absolute atomic E-state index is 4.63. The van der Waals surface area contributed by atoms with E-state index in [1.807, 2.05) is 6.92 Å². The summed E-state index contributed by atoms with van der Waals surface area (Å²) in [5, 5.41) is 6.51. The molecule has 0 saturated heterocycles. The van der Waals surface area contributed by atoms with Gasteiger partial charge in [0.05, 0.1) is 27.3 Å². The van der Waals surface area contributed by atoms with Gasteiger partial charge in [0.2, 0.25) is 0 Å². The largest absolute Gasteiger partial charge is 0.369 e. The van der Waals surface area contributed by atoms with Gasteiger partial charge in [0.1, 0.15) is 11.6 Å². The van der Waals surface area contributed by atoms with Crippen molar-refractivity contribution >= 4 is 33.1 Å². The maximum Gasteiger partial charge on any atom is 0.144 e. The Bertz CT molecular complexity index is 583. The van der Waals surface area contributed by atoms with E-state index in [4.69, 9.17) is 0 Å². The molecule has 4 nitrogen and oxygen atoms in total. The summed E-state index contributed by atoms with van der Waals surface area (Å²) in [5.74, 6) is 1.72. The van der Waals surface area contributed by atoms with Crippen molar-refractivity contribution < 1.29 is 0 Å². The zero-order valence-electron chi connectivity index (χ0n) is 12.0. The van der Waals surface area contributed by atoms with Gasteiger partial charge in [0.25, 0.3) is 0 Å². The number of anilines is 1. The SMILES string of the molecule is CCCNc1nc(Cc2csc(C)n2)nc(CC)c1Br. The molecule has 2 aromatic rings. The minimum absolute atomic E-state index is 0.686. The minimum Gasteiger partial charge on any atom is -0.369 e. The van der Waals surface area contributed by atoms with E-state index in [0.717, 1.165) is 51.9 Å². The Hall–Kier alpha value is -1.01. The molecule has 108 valence electrons. The number of nitrogens with zero attached hydrogens (tertiary/aromatic N) is 3. The average molecular weight is 355 g/mol. The number of aryl methyl sites for hydroxylation is 2. The number of halogens is 1. The van der Waals surface area contributed by atoms with Crippen molar-refractivity contribution in [3.05, 3.63) is 32.1 Å². The van der Waals surface area contributed by atoms with Crippen LogP contribution in [0.15, 0.2) is 9.85 Å². The summed E-state index contributed by atoms with van der Waals surface area (Å²) < 4.78 is 0.978.